The van der Waals surface area contributed by atoms with Crippen LogP contribution in [0.1, 0.15) is 35.2 Å². The van der Waals surface area contributed by atoms with E-state index in [1.165, 1.54) is 0 Å². The van der Waals surface area contributed by atoms with Crippen molar-refractivity contribution in [1.82, 2.24) is 5.32 Å². The van der Waals surface area contributed by atoms with Crippen LogP contribution in [-0.4, -0.2) is 28.8 Å². The second-order valence-corrected chi connectivity index (χ2v) is 4.90. The highest BCUT2D eigenvalue weighted by Gasteiger charge is 2.28. The van der Waals surface area contributed by atoms with Gasteiger partial charge in [0.2, 0.25) is 0 Å². The third-order valence-corrected chi connectivity index (χ3v) is 3.76. The molecule has 2 unspecified atom stereocenters. The number of nitrogens with one attached hydrogen (secondary N) is 1. The average Bonchev–Trinajstić information content (AvgIpc) is 2.79. The Balaban J connectivity index is 2.10. The lowest BCUT2D eigenvalue weighted by atomic mass is 10.0. The number of amides is 1. The molecule has 4 nitrogen and oxygen atoms in total. The topological polar surface area (TPSA) is 69.6 Å². The number of benzene rings is 1. The Morgan fingerprint density at radius 3 is 2.94 bits per heavy atom. The molecule has 4 heteroatoms. The van der Waals surface area contributed by atoms with E-state index in [0.717, 1.165) is 19.3 Å². The molecular weight excluding hydrogens is 230 g/mol. The summed E-state index contributed by atoms with van der Waals surface area (Å²) in [7, 11) is 0. The maximum atomic E-state index is 12.1. The first-order chi connectivity index (χ1) is 8.63. The number of carbonyl (C=O) groups is 1. The molecule has 2 rings (SSSR count). The van der Waals surface area contributed by atoms with Crippen LogP contribution >= 0.6 is 0 Å². The highest BCUT2D eigenvalue weighted by Crippen LogP contribution is 2.26. The van der Waals surface area contributed by atoms with Crippen molar-refractivity contribution in [1.29, 1.82) is 0 Å². The van der Waals surface area contributed by atoms with Crippen LogP contribution < -0.4 is 5.32 Å². The van der Waals surface area contributed by atoms with E-state index in [-0.39, 0.29) is 30.2 Å². The van der Waals surface area contributed by atoms with E-state index < -0.39 is 0 Å². The van der Waals surface area contributed by atoms with Crippen molar-refractivity contribution >= 4 is 5.91 Å². The molecule has 0 aliphatic heterocycles. The summed E-state index contributed by atoms with van der Waals surface area (Å²) in [6.45, 7) is 1.84. The van der Waals surface area contributed by atoms with Gasteiger partial charge in [-0.15, -0.1) is 0 Å². The number of aromatic hydroxyl groups is 1. The summed E-state index contributed by atoms with van der Waals surface area (Å²) in [5.74, 6) is 0.119. The van der Waals surface area contributed by atoms with Gasteiger partial charge in [-0.3, -0.25) is 4.79 Å². The predicted molar refractivity (Wildman–Crippen MR) is 68.5 cm³/mol. The molecule has 0 radical (unpaired) electrons. The van der Waals surface area contributed by atoms with Gasteiger partial charge in [-0.25, -0.2) is 0 Å². The number of phenolic OH excluding ortho intramolecular Hbond substituents is 1. The minimum Gasteiger partial charge on any atom is -0.508 e. The van der Waals surface area contributed by atoms with Crippen molar-refractivity contribution in [2.75, 3.05) is 6.61 Å². The highest BCUT2D eigenvalue weighted by molar-refractivity contribution is 5.96. The smallest absolute Gasteiger partial charge is 0.251 e. The quantitative estimate of drug-likeness (QED) is 0.762. The summed E-state index contributed by atoms with van der Waals surface area (Å²) >= 11 is 0. The Bertz CT molecular complexity index is 445. The molecule has 1 aliphatic carbocycles. The van der Waals surface area contributed by atoms with Gasteiger partial charge in [-0.1, -0.05) is 12.5 Å². The van der Waals surface area contributed by atoms with Gasteiger partial charge in [0.1, 0.15) is 5.75 Å². The molecule has 1 saturated carbocycles. The van der Waals surface area contributed by atoms with Crippen LogP contribution in [0.5, 0.6) is 5.75 Å². The fourth-order valence-electron chi connectivity index (χ4n) is 2.56. The zero-order valence-electron chi connectivity index (χ0n) is 10.5. The normalized spacial score (nSPS) is 23.0. The van der Waals surface area contributed by atoms with Gasteiger partial charge in [-0.2, -0.15) is 0 Å². The molecule has 1 amide bonds. The first kappa shape index (κ1) is 12.9. The number of aliphatic hydroxyl groups excluding tert-OH is 1. The molecule has 0 bridgehead atoms. The molecular formula is C14H19NO3. The molecule has 1 aromatic carbocycles. The Morgan fingerprint density at radius 1 is 1.44 bits per heavy atom. The molecule has 1 aliphatic rings. The van der Waals surface area contributed by atoms with Gasteiger partial charge in [0.15, 0.2) is 0 Å². The molecule has 0 saturated heterocycles. The number of hydrogen-bond donors (Lipinski definition) is 3. The standard InChI is InChI=1S/C14H19NO3/c1-9-11(5-3-7-13(9)17)14(18)15-12-6-2-4-10(12)8-16/h3,5,7,10,12,16-17H,2,4,6,8H2,1H3,(H,15,18). The molecule has 2 atom stereocenters. The lowest BCUT2D eigenvalue weighted by Gasteiger charge is -2.19. The molecule has 18 heavy (non-hydrogen) atoms. The summed E-state index contributed by atoms with van der Waals surface area (Å²) < 4.78 is 0. The molecule has 1 fully saturated rings. The van der Waals surface area contributed by atoms with Crippen molar-refractivity contribution in [2.24, 2.45) is 5.92 Å². The summed E-state index contributed by atoms with van der Waals surface area (Å²) in [6, 6.07) is 4.98. The lowest BCUT2D eigenvalue weighted by Crippen LogP contribution is -2.38. The van der Waals surface area contributed by atoms with Crippen molar-refractivity contribution in [3.8, 4) is 5.75 Å². The Kier molecular flexibility index (Phi) is 3.87. The number of hydrogen-bond acceptors (Lipinski definition) is 3. The predicted octanol–water partition coefficient (Wildman–Crippen LogP) is 1.59. The van der Waals surface area contributed by atoms with E-state index >= 15 is 0 Å². The van der Waals surface area contributed by atoms with E-state index in [4.69, 9.17) is 0 Å². The zero-order valence-corrected chi connectivity index (χ0v) is 10.5. The Labute approximate surface area is 107 Å². The number of rotatable bonds is 3. The number of phenols is 1. The van der Waals surface area contributed by atoms with Gasteiger partial charge < -0.3 is 15.5 Å². The van der Waals surface area contributed by atoms with Crippen LogP contribution in [0, 0.1) is 12.8 Å². The van der Waals surface area contributed by atoms with E-state index in [0.29, 0.717) is 11.1 Å². The van der Waals surface area contributed by atoms with E-state index in [2.05, 4.69) is 5.32 Å². The van der Waals surface area contributed by atoms with Crippen LogP contribution in [-0.2, 0) is 0 Å². The summed E-state index contributed by atoms with van der Waals surface area (Å²) in [5, 5.41) is 21.8. The lowest BCUT2D eigenvalue weighted by molar-refractivity contribution is 0.0915. The van der Waals surface area contributed by atoms with Gasteiger partial charge in [0.05, 0.1) is 0 Å². The van der Waals surface area contributed by atoms with Gasteiger partial charge >= 0.3 is 0 Å². The molecule has 3 N–H and O–H groups in total. The molecule has 98 valence electrons. The SMILES string of the molecule is Cc1c(O)cccc1C(=O)NC1CCCC1CO. The largest absolute Gasteiger partial charge is 0.508 e. The first-order valence-electron chi connectivity index (χ1n) is 6.33. The second-order valence-electron chi connectivity index (χ2n) is 4.90. The monoisotopic (exact) mass is 249 g/mol. The van der Waals surface area contributed by atoms with Gasteiger partial charge in [-0.05, 0) is 31.9 Å². The Hall–Kier alpha value is -1.55. The maximum Gasteiger partial charge on any atom is 0.251 e. The summed E-state index contributed by atoms with van der Waals surface area (Å²) in [5.41, 5.74) is 1.09. The Morgan fingerprint density at radius 2 is 2.22 bits per heavy atom. The number of carbonyl (C=O) groups excluding carboxylic acids is 1. The van der Waals surface area contributed by atoms with E-state index in [9.17, 15) is 15.0 Å². The molecule has 0 aromatic heterocycles. The van der Waals surface area contributed by atoms with Crippen molar-refractivity contribution in [2.45, 2.75) is 32.2 Å². The number of aliphatic hydroxyl groups is 1. The average molecular weight is 249 g/mol. The van der Waals surface area contributed by atoms with E-state index in [1.54, 1.807) is 25.1 Å². The van der Waals surface area contributed by atoms with Crippen LogP contribution in [0.4, 0.5) is 0 Å². The zero-order chi connectivity index (χ0) is 13.1. The highest BCUT2D eigenvalue weighted by atomic mass is 16.3. The minimum absolute atomic E-state index is 0.0456. The van der Waals surface area contributed by atoms with E-state index in [1.807, 2.05) is 0 Å². The summed E-state index contributed by atoms with van der Waals surface area (Å²) in [6.07, 6.45) is 2.91. The molecule has 1 aromatic rings. The summed E-state index contributed by atoms with van der Waals surface area (Å²) in [4.78, 5) is 12.1. The fraction of sp³-hybridized carbons (Fsp3) is 0.500. The first-order valence-corrected chi connectivity index (χ1v) is 6.33. The van der Waals surface area contributed by atoms with Crippen LogP contribution in [0.3, 0.4) is 0 Å². The molecule has 0 heterocycles. The minimum atomic E-state index is -0.172. The van der Waals surface area contributed by atoms with Crippen molar-refractivity contribution in [3.63, 3.8) is 0 Å². The van der Waals surface area contributed by atoms with Crippen molar-refractivity contribution < 1.29 is 15.0 Å². The van der Waals surface area contributed by atoms with Gasteiger partial charge in [0, 0.05) is 29.7 Å². The van der Waals surface area contributed by atoms with Crippen LogP contribution in [0.2, 0.25) is 0 Å². The third kappa shape index (κ3) is 2.48. The van der Waals surface area contributed by atoms with Crippen LogP contribution in [0.25, 0.3) is 0 Å². The van der Waals surface area contributed by atoms with Gasteiger partial charge in [0.25, 0.3) is 5.91 Å². The molecule has 0 spiro atoms. The fourth-order valence-corrected chi connectivity index (χ4v) is 2.56. The maximum absolute atomic E-state index is 12.1. The van der Waals surface area contributed by atoms with Crippen molar-refractivity contribution in [3.05, 3.63) is 29.3 Å². The third-order valence-electron chi connectivity index (χ3n) is 3.76. The second kappa shape index (κ2) is 5.40. The van der Waals surface area contributed by atoms with Crippen LogP contribution in [0.15, 0.2) is 18.2 Å².